The van der Waals surface area contributed by atoms with Crippen molar-refractivity contribution in [2.75, 3.05) is 13.7 Å². The fourth-order valence-corrected chi connectivity index (χ4v) is 2.55. The quantitative estimate of drug-likeness (QED) is 0.486. The van der Waals surface area contributed by atoms with Crippen LogP contribution in [0.2, 0.25) is 0 Å². The minimum atomic E-state index is -0.434. The van der Waals surface area contributed by atoms with Crippen LogP contribution in [0.5, 0.6) is 0 Å². The van der Waals surface area contributed by atoms with Crippen LogP contribution >= 0.6 is 11.8 Å². The molecule has 1 heterocycles. The molecule has 0 unspecified atom stereocenters. The lowest BCUT2D eigenvalue weighted by Crippen LogP contribution is -2.28. The standard InChI is InChI=1S/C15H11NO4S/c1-3-8-16-13(17)12(21-15(16)19)9-10-4-6-11(7-5-10)14(18)20-2/h1,4-7,9H,8H2,2H3. The van der Waals surface area contributed by atoms with Crippen LogP contribution in [0.4, 0.5) is 4.79 Å². The third kappa shape index (κ3) is 3.15. The maximum Gasteiger partial charge on any atom is 0.337 e. The van der Waals surface area contributed by atoms with Gasteiger partial charge in [0.1, 0.15) is 0 Å². The molecule has 1 fully saturated rings. The van der Waals surface area contributed by atoms with Crippen LogP contribution < -0.4 is 0 Å². The van der Waals surface area contributed by atoms with Crippen LogP contribution in [0.1, 0.15) is 15.9 Å². The van der Waals surface area contributed by atoms with Gasteiger partial charge in [0.2, 0.25) is 0 Å². The Hall–Kier alpha value is -2.52. The van der Waals surface area contributed by atoms with Gasteiger partial charge in [-0.25, -0.2) is 4.79 Å². The Morgan fingerprint density at radius 2 is 2.05 bits per heavy atom. The first kappa shape index (κ1) is 14.9. The van der Waals surface area contributed by atoms with Gasteiger partial charge >= 0.3 is 5.97 Å². The van der Waals surface area contributed by atoms with Crippen molar-refractivity contribution in [2.24, 2.45) is 0 Å². The summed E-state index contributed by atoms with van der Waals surface area (Å²) in [5, 5.41) is -0.379. The van der Waals surface area contributed by atoms with E-state index in [1.807, 2.05) is 0 Å². The summed E-state index contributed by atoms with van der Waals surface area (Å²) in [5.41, 5.74) is 1.11. The zero-order valence-corrected chi connectivity index (χ0v) is 12.0. The number of methoxy groups -OCH3 is 1. The summed E-state index contributed by atoms with van der Waals surface area (Å²) in [6, 6.07) is 6.51. The highest BCUT2D eigenvalue weighted by Crippen LogP contribution is 2.31. The van der Waals surface area contributed by atoms with Crippen molar-refractivity contribution in [2.45, 2.75) is 0 Å². The van der Waals surface area contributed by atoms with Gasteiger partial charge in [-0.1, -0.05) is 18.1 Å². The molecule has 0 atom stereocenters. The lowest BCUT2D eigenvalue weighted by Gasteiger charge is -2.06. The number of esters is 1. The first-order chi connectivity index (χ1) is 10.1. The smallest absolute Gasteiger partial charge is 0.337 e. The number of hydrogen-bond acceptors (Lipinski definition) is 5. The zero-order chi connectivity index (χ0) is 15.4. The van der Waals surface area contributed by atoms with Crippen LogP contribution in [0.25, 0.3) is 6.08 Å². The van der Waals surface area contributed by atoms with Gasteiger partial charge in [-0.3, -0.25) is 14.5 Å². The Balaban J connectivity index is 2.21. The molecular weight excluding hydrogens is 290 g/mol. The monoisotopic (exact) mass is 301 g/mol. The number of imide groups is 1. The molecule has 2 rings (SSSR count). The maximum absolute atomic E-state index is 12.0. The minimum absolute atomic E-state index is 0.0384. The van der Waals surface area contributed by atoms with E-state index in [9.17, 15) is 14.4 Å². The molecule has 1 aliphatic heterocycles. The van der Waals surface area contributed by atoms with E-state index >= 15 is 0 Å². The Kier molecular flexibility index (Phi) is 4.45. The molecule has 1 aromatic carbocycles. The predicted octanol–water partition coefficient (Wildman–Crippen LogP) is 2.14. The summed E-state index contributed by atoms with van der Waals surface area (Å²) >= 11 is 0.843. The van der Waals surface area contributed by atoms with Crippen molar-refractivity contribution in [3.05, 3.63) is 40.3 Å². The van der Waals surface area contributed by atoms with Crippen LogP contribution in [-0.2, 0) is 9.53 Å². The Labute approximate surface area is 126 Å². The van der Waals surface area contributed by atoms with E-state index < -0.39 is 11.9 Å². The SMILES string of the molecule is C#CCN1C(=O)SC(=Cc2ccc(C(=O)OC)cc2)C1=O. The number of carbonyl (C=O) groups excluding carboxylic acids is 3. The van der Waals surface area contributed by atoms with Gasteiger partial charge in [0.25, 0.3) is 11.1 Å². The summed E-state index contributed by atoms with van der Waals surface area (Å²) in [6.45, 7) is -0.0384. The van der Waals surface area contributed by atoms with E-state index in [1.54, 1.807) is 30.3 Å². The predicted molar refractivity (Wildman–Crippen MR) is 79.3 cm³/mol. The molecule has 0 N–H and O–H groups in total. The maximum atomic E-state index is 12.0. The summed E-state index contributed by atoms with van der Waals surface area (Å²) in [5.74, 6) is 1.44. The Morgan fingerprint density at radius 3 is 2.62 bits per heavy atom. The van der Waals surface area contributed by atoms with Gasteiger partial charge in [0, 0.05) is 0 Å². The third-order valence-electron chi connectivity index (χ3n) is 2.75. The number of hydrogen-bond donors (Lipinski definition) is 0. The number of carbonyl (C=O) groups is 3. The molecule has 0 saturated carbocycles. The summed E-state index contributed by atoms with van der Waals surface area (Å²) in [7, 11) is 1.30. The average molecular weight is 301 g/mol. The van der Waals surface area contributed by atoms with E-state index in [1.165, 1.54) is 7.11 Å². The molecule has 0 radical (unpaired) electrons. The molecule has 1 saturated heterocycles. The van der Waals surface area contributed by atoms with E-state index in [2.05, 4.69) is 10.7 Å². The Morgan fingerprint density at radius 1 is 1.38 bits per heavy atom. The summed E-state index contributed by atoms with van der Waals surface area (Å²) < 4.78 is 4.60. The van der Waals surface area contributed by atoms with Gasteiger partial charge in [0.05, 0.1) is 24.1 Å². The van der Waals surface area contributed by atoms with E-state index in [0.717, 1.165) is 16.7 Å². The second-order valence-electron chi connectivity index (χ2n) is 4.09. The molecule has 6 heteroatoms. The lowest BCUT2D eigenvalue weighted by atomic mass is 10.1. The van der Waals surface area contributed by atoms with Gasteiger partial charge in [-0.15, -0.1) is 6.42 Å². The molecule has 1 aromatic rings. The molecule has 106 valence electrons. The average Bonchev–Trinajstić information content (AvgIpc) is 2.75. The Bertz CT molecular complexity index is 670. The molecule has 0 bridgehead atoms. The van der Waals surface area contributed by atoms with E-state index in [0.29, 0.717) is 16.0 Å². The largest absolute Gasteiger partial charge is 0.465 e. The van der Waals surface area contributed by atoms with Crippen molar-refractivity contribution < 1.29 is 19.1 Å². The molecular formula is C15H11NO4S. The molecule has 0 aromatic heterocycles. The summed E-state index contributed by atoms with van der Waals surface area (Å²) in [4.78, 5) is 36.2. The van der Waals surface area contributed by atoms with Gasteiger partial charge in [0.15, 0.2) is 0 Å². The van der Waals surface area contributed by atoms with E-state index in [-0.39, 0.29) is 11.8 Å². The molecule has 1 aliphatic rings. The highest BCUT2D eigenvalue weighted by molar-refractivity contribution is 8.18. The normalized spacial score (nSPS) is 16.2. The van der Waals surface area contributed by atoms with Crippen LogP contribution in [0.15, 0.2) is 29.2 Å². The number of benzene rings is 1. The number of ether oxygens (including phenoxy) is 1. The van der Waals surface area contributed by atoms with E-state index in [4.69, 9.17) is 6.42 Å². The first-order valence-electron chi connectivity index (χ1n) is 5.94. The highest BCUT2D eigenvalue weighted by Gasteiger charge is 2.34. The number of rotatable bonds is 3. The lowest BCUT2D eigenvalue weighted by molar-refractivity contribution is -0.122. The van der Waals surface area contributed by atoms with Crippen LogP contribution in [0, 0.1) is 12.3 Å². The van der Waals surface area contributed by atoms with Crippen molar-refractivity contribution in [3.8, 4) is 12.3 Å². The zero-order valence-electron chi connectivity index (χ0n) is 11.2. The molecule has 2 amide bonds. The number of nitrogens with zero attached hydrogens (tertiary/aromatic N) is 1. The first-order valence-corrected chi connectivity index (χ1v) is 6.75. The van der Waals surface area contributed by atoms with Gasteiger partial charge < -0.3 is 4.74 Å². The third-order valence-corrected chi connectivity index (χ3v) is 3.66. The fraction of sp³-hybridized carbons (Fsp3) is 0.133. The fourth-order valence-electron chi connectivity index (χ4n) is 1.71. The minimum Gasteiger partial charge on any atom is -0.465 e. The molecule has 0 spiro atoms. The van der Waals surface area contributed by atoms with Crippen molar-refractivity contribution >= 4 is 35.0 Å². The van der Waals surface area contributed by atoms with Gasteiger partial charge in [-0.2, -0.15) is 0 Å². The summed E-state index contributed by atoms with van der Waals surface area (Å²) in [6.07, 6.45) is 6.71. The second-order valence-corrected chi connectivity index (χ2v) is 5.08. The highest BCUT2D eigenvalue weighted by atomic mass is 32.2. The van der Waals surface area contributed by atoms with Crippen molar-refractivity contribution in [1.82, 2.24) is 4.90 Å². The van der Waals surface area contributed by atoms with Crippen molar-refractivity contribution in [1.29, 1.82) is 0 Å². The number of thioether (sulfide) groups is 1. The number of amides is 2. The number of terminal acetylenes is 1. The topological polar surface area (TPSA) is 63.7 Å². The second kappa shape index (κ2) is 6.29. The molecule has 0 aliphatic carbocycles. The molecule has 5 nitrogen and oxygen atoms in total. The van der Waals surface area contributed by atoms with Crippen LogP contribution in [-0.4, -0.2) is 35.7 Å². The van der Waals surface area contributed by atoms with Gasteiger partial charge in [-0.05, 0) is 35.5 Å². The van der Waals surface area contributed by atoms with Crippen molar-refractivity contribution in [3.63, 3.8) is 0 Å². The molecule has 21 heavy (non-hydrogen) atoms. The van der Waals surface area contributed by atoms with Crippen LogP contribution in [0.3, 0.4) is 0 Å².